The molecule has 2 saturated heterocycles. The van der Waals surface area contributed by atoms with E-state index >= 15 is 0 Å². The Morgan fingerprint density at radius 3 is 2.78 bits per heavy atom. The van der Waals surface area contributed by atoms with Gasteiger partial charge in [-0.2, -0.15) is 0 Å². The van der Waals surface area contributed by atoms with Crippen molar-refractivity contribution in [1.29, 1.82) is 0 Å². The van der Waals surface area contributed by atoms with E-state index in [2.05, 4.69) is 5.32 Å². The zero-order valence-electron chi connectivity index (χ0n) is 12.5. The lowest BCUT2D eigenvalue weighted by Gasteiger charge is -2.39. The van der Waals surface area contributed by atoms with Crippen LogP contribution >= 0.6 is 0 Å². The van der Waals surface area contributed by atoms with E-state index in [9.17, 15) is 19.1 Å². The van der Waals surface area contributed by atoms with Crippen LogP contribution in [0.4, 0.5) is 10.1 Å². The number of nitrogens with one attached hydrogen (secondary N) is 1. The average Bonchev–Trinajstić information content (AvgIpc) is 2.94. The van der Waals surface area contributed by atoms with Crippen molar-refractivity contribution in [2.75, 3.05) is 24.6 Å². The van der Waals surface area contributed by atoms with E-state index in [1.807, 2.05) is 4.90 Å². The number of nitrogens with zero attached hydrogens (tertiary/aromatic N) is 1. The molecule has 0 aromatic heterocycles. The summed E-state index contributed by atoms with van der Waals surface area (Å²) in [6.45, 7) is 1.35. The monoisotopic (exact) mass is 320 g/mol. The van der Waals surface area contributed by atoms with Crippen LogP contribution in [0.15, 0.2) is 6.07 Å². The van der Waals surface area contributed by atoms with Crippen LogP contribution in [-0.2, 0) is 16.0 Å². The van der Waals surface area contributed by atoms with Crippen molar-refractivity contribution in [3.05, 3.63) is 23.0 Å². The fraction of sp³-hybridized carbons (Fsp3) is 0.500. The van der Waals surface area contributed by atoms with Gasteiger partial charge in [-0.25, -0.2) is 4.39 Å². The second-order valence-electron chi connectivity index (χ2n) is 6.26. The maximum absolute atomic E-state index is 14.8. The molecule has 2 amide bonds. The van der Waals surface area contributed by atoms with Gasteiger partial charge in [-0.05, 0) is 6.42 Å². The first-order valence-corrected chi connectivity index (χ1v) is 7.79. The van der Waals surface area contributed by atoms with Gasteiger partial charge in [-0.3, -0.25) is 14.9 Å². The quantitative estimate of drug-likeness (QED) is 0.774. The first kappa shape index (κ1) is 14.4. The number of carbonyl (C=O) groups is 2. The minimum atomic E-state index is -0.654. The molecule has 23 heavy (non-hydrogen) atoms. The van der Waals surface area contributed by atoms with Crippen molar-refractivity contribution >= 4 is 17.5 Å². The maximum Gasteiger partial charge on any atom is 0.234 e. The molecule has 1 unspecified atom stereocenters. The van der Waals surface area contributed by atoms with Crippen LogP contribution in [0.25, 0.3) is 0 Å². The fourth-order valence-electron chi connectivity index (χ4n) is 3.58. The summed E-state index contributed by atoms with van der Waals surface area (Å²) in [4.78, 5) is 25.3. The standard InChI is InChI=1S/C16H17FN2O4/c17-11-5-12(19-6-8(20)7-19)15-9(3-4-23-15)14(11)10-1-2-13(21)18-16(10)22/h5,8,10,20H,1-4,6-7H2,(H,18,21,22). The number of carbonyl (C=O) groups excluding carboxylic acids is 2. The summed E-state index contributed by atoms with van der Waals surface area (Å²) in [6, 6.07) is 1.38. The average molecular weight is 320 g/mol. The van der Waals surface area contributed by atoms with Crippen LogP contribution in [0, 0.1) is 5.82 Å². The number of anilines is 1. The Hall–Kier alpha value is -2.15. The highest BCUT2D eigenvalue weighted by atomic mass is 19.1. The predicted molar refractivity (Wildman–Crippen MR) is 78.9 cm³/mol. The third kappa shape index (κ3) is 2.26. The molecule has 3 heterocycles. The highest BCUT2D eigenvalue weighted by molar-refractivity contribution is 6.01. The van der Waals surface area contributed by atoms with E-state index in [4.69, 9.17) is 4.74 Å². The number of rotatable bonds is 2. The predicted octanol–water partition coefficient (Wildman–Crippen LogP) is 0.462. The van der Waals surface area contributed by atoms with Gasteiger partial charge in [0.25, 0.3) is 0 Å². The molecule has 0 spiro atoms. The second kappa shape index (κ2) is 5.19. The normalized spacial score (nSPS) is 24.1. The molecule has 2 N–H and O–H groups in total. The van der Waals surface area contributed by atoms with Crippen LogP contribution in [0.2, 0.25) is 0 Å². The zero-order valence-corrected chi connectivity index (χ0v) is 12.5. The number of halogens is 1. The van der Waals surface area contributed by atoms with Gasteiger partial charge in [-0.15, -0.1) is 0 Å². The smallest absolute Gasteiger partial charge is 0.234 e. The molecule has 1 aromatic carbocycles. The summed E-state index contributed by atoms with van der Waals surface area (Å²) in [7, 11) is 0. The number of aliphatic hydroxyl groups excluding tert-OH is 1. The van der Waals surface area contributed by atoms with Crippen LogP contribution in [0.5, 0.6) is 5.75 Å². The zero-order chi connectivity index (χ0) is 16.1. The van der Waals surface area contributed by atoms with Gasteiger partial charge >= 0.3 is 0 Å². The number of aliphatic hydroxyl groups is 1. The van der Waals surface area contributed by atoms with Gasteiger partial charge in [0.2, 0.25) is 11.8 Å². The number of β-amino-alcohol motifs (C(OH)–C–C–N with tert-alkyl or cyclic N) is 1. The minimum absolute atomic E-state index is 0.214. The summed E-state index contributed by atoms with van der Waals surface area (Å²) in [5, 5.41) is 11.7. The summed E-state index contributed by atoms with van der Waals surface area (Å²) < 4.78 is 20.4. The lowest BCUT2D eigenvalue weighted by molar-refractivity contribution is -0.134. The topological polar surface area (TPSA) is 78.9 Å². The summed E-state index contributed by atoms with van der Waals surface area (Å²) in [6.07, 6.45) is 0.676. The molecular weight excluding hydrogens is 303 g/mol. The first-order valence-electron chi connectivity index (χ1n) is 7.79. The number of hydrogen-bond acceptors (Lipinski definition) is 5. The van der Waals surface area contributed by atoms with E-state index in [1.54, 1.807) is 0 Å². The third-order valence-corrected chi connectivity index (χ3v) is 4.74. The Morgan fingerprint density at radius 1 is 1.30 bits per heavy atom. The second-order valence-corrected chi connectivity index (χ2v) is 6.26. The Labute approximate surface area is 132 Å². The maximum atomic E-state index is 14.8. The molecule has 6 nitrogen and oxygen atoms in total. The molecule has 0 radical (unpaired) electrons. The van der Waals surface area contributed by atoms with Gasteiger partial charge in [0.1, 0.15) is 11.6 Å². The molecule has 7 heteroatoms. The van der Waals surface area contributed by atoms with Gasteiger partial charge < -0.3 is 14.7 Å². The molecule has 122 valence electrons. The van der Waals surface area contributed by atoms with Crippen molar-refractivity contribution in [2.45, 2.75) is 31.3 Å². The van der Waals surface area contributed by atoms with Crippen molar-refractivity contribution in [1.82, 2.24) is 5.32 Å². The van der Waals surface area contributed by atoms with E-state index in [1.165, 1.54) is 6.07 Å². The lowest BCUT2D eigenvalue weighted by Crippen LogP contribution is -2.51. The number of fused-ring (bicyclic) bond motifs is 1. The molecule has 0 bridgehead atoms. The summed E-state index contributed by atoms with van der Waals surface area (Å²) >= 11 is 0. The minimum Gasteiger partial charge on any atom is -0.491 e. The number of ether oxygens (including phenoxy) is 1. The van der Waals surface area contributed by atoms with Crippen LogP contribution in [0.1, 0.15) is 29.9 Å². The van der Waals surface area contributed by atoms with Crippen molar-refractivity contribution in [3.8, 4) is 5.75 Å². The van der Waals surface area contributed by atoms with Gasteiger partial charge in [0, 0.05) is 43.1 Å². The molecular formula is C16H17FN2O4. The molecule has 2 fully saturated rings. The Morgan fingerprint density at radius 2 is 2.09 bits per heavy atom. The largest absolute Gasteiger partial charge is 0.491 e. The van der Waals surface area contributed by atoms with E-state index in [0.29, 0.717) is 49.5 Å². The van der Waals surface area contributed by atoms with E-state index in [-0.39, 0.29) is 12.3 Å². The molecule has 1 aromatic rings. The summed E-state index contributed by atoms with van der Waals surface area (Å²) in [5.74, 6) is -1.25. The van der Waals surface area contributed by atoms with Crippen molar-refractivity contribution < 1.29 is 23.8 Å². The number of benzene rings is 1. The van der Waals surface area contributed by atoms with Crippen molar-refractivity contribution in [2.24, 2.45) is 0 Å². The van der Waals surface area contributed by atoms with E-state index < -0.39 is 23.7 Å². The Bertz CT molecular complexity index is 700. The van der Waals surface area contributed by atoms with Gasteiger partial charge in [0.05, 0.1) is 24.3 Å². The molecule has 4 rings (SSSR count). The molecule has 0 aliphatic carbocycles. The highest BCUT2D eigenvalue weighted by Crippen LogP contribution is 2.44. The van der Waals surface area contributed by atoms with Gasteiger partial charge in [0.15, 0.2) is 0 Å². The SMILES string of the molecule is O=C1CCC(c2c(F)cc(N3CC(O)C3)c3c2CCO3)C(=O)N1. The third-order valence-electron chi connectivity index (χ3n) is 4.74. The van der Waals surface area contributed by atoms with Crippen LogP contribution in [0.3, 0.4) is 0 Å². The molecule has 1 atom stereocenters. The highest BCUT2D eigenvalue weighted by Gasteiger charge is 2.37. The van der Waals surface area contributed by atoms with Crippen LogP contribution in [-0.4, -0.2) is 42.7 Å². The lowest BCUT2D eigenvalue weighted by atomic mass is 9.85. The first-order chi connectivity index (χ1) is 11.0. The Kier molecular flexibility index (Phi) is 3.26. The fourth-order valence-corrected chi connectivity index (χ4v) is 3.58. The van der Waals surface area contributed by atoms with Crippen LogP contribution < -0.4 is 15.0 Å². The number of piperidine rings is 1. The number of imide groups is 1. The Balaban J connectivity index is 1.75. The molecule has 3 aliphatic rings. The summed E-state index contributed by atoms with van der Waals surface area (Å²) in [5.41, 5.74) is 1.71. The van der Waals surface area contributed by atoms with E-state index in [0.717, 1.165) is 5.56 Å². The van der Waals surface area contributed by atoms with Gasteiger partial charge in [-0.1, -0.05) is 0 Å². The number of hydrogen-bond donors (Lipinski definition) is 2. The number of amides is 2. The van der Waals surface area contributed by atoms with Crippen molar-refractivity contribution in [3.63, 3.8) is 0 Å². The molecule has 0 saturated carbocycles. The molecule has 3 aliphatic heterocycles.